The number of anilines is 1. The lowest BCUT2D eigenvalue weighted by molar-refractivity contribution is -0.384. The molecule has 20 heavy (non-hydrogen) atoms. The Labute approximate surface area is 121 Å². The van der Waals surface area contributed by atoms with Crippen molar-refractivity contribution in [1.82, 2.24) is 9.78 Å². The van der Waals surface area contributed by atoms with Crippen molar-refractivity contribution in [1.29, 1.82) is 0 Å². The zero-order valence-corrected chi connectivity index (χ0v) is 12.7. The molecular formula is C13H18N4O2S. The van der Waals surface area contributed by atoms with E-state index in [2.05, 4.69) is 10.4 Å². The number of thiophene rings is 1. The topological polar surface area (TPSA) is 73.0 Å². The van der Waals surface area contributed by atoms with Crippen LogP contribution in [0.15, 0.2) is 12.1 Å². The van der Waals surface area contributed by atoms with Gasteiger partial charge in [0, 0.05) is 16.3 Å². The Bertz CT molecular complexity index is 618. The van der Waals surface area contributed by atoms with Gasteiger partial charge < -0.3 is 5.32 Å². The van der Waals surface area contributed by atoms with E-state index in [1.165, 1.54) is 4.88 Å². The molecule has 0 unspecified atom stereocenters. The lowest BCUT2D eigenvalue weighted by Gasteiger charge is -2.07. The molecule has 0 aromatic carbocycles. The molecule has 7 heteroatoms. The van der Waals surface area contributed by atoms with E-state index in [1.807, 2.05) is 26.0 Å². The van der Waals surface area contributed by atoms with Crippen molar-refractivity contribution in [3.63, 3.8) is 0 Å². The number of hydrogen-bond donors (Lipinski definition) is 1. The molecule has 2 aromatic rings. The Hall–Kier alpha value is -1.89. The molecule has 0 spiro atoms. The average Bonchev–Trinajstić information content (AvgIpc) is 2.91. The predicted octanol–water partition coefficient (Wildman–Crippen LogP) is 3.49. The van der Waals surface area contributed by atoms with E-state index in [1.54, 1.807) is 22.9 Å². The molecule has 108 valence electrons. The normalized spacial score (nSPS) is 10.8. The fraction of sp³-hybridized carbons (Fsp3) is 0.462. The summed E-state index contributed by atoms with van der Waals surface area (Å²) < 4.78 is 1.69. The highest BCUT2D eigenvalue weighted by molar-refractivity contribution is 7.11. The minimum absolute atomic E-state index is 0.0757. The van der Waals surface area contributed by atoms with Crippen LogP contribution in [0, 0.1) is 24.0 Å². The third-order valence-electron chi connectivity index (χ3n) is 2.94. The van der Waals surface area contributed by atoms with Crippen molar-refractivity contribution in [3.05, 3.63) is 37.7 Å². The van der Waals surface area contributed by atoms with E-state index >= 15 is 0 Å². The smallest absolute Gasteiger partial charge is 0.333 e. The fourth-order valence-electron chi connectivity index (χ4n) is 2.09. The van der Waals surface area contributed by atoms with Crippen LogP contribution in [0.5, 0.6) is 0 Å². The number of nitrogens with one attached hydrogen (secondary N) is 1. The van der Waals surface area contributed by atoms with E-state index in [9.17, 15) is 10.1 Å². The van der Waals surface area contributed by atoms with Crippen LogP contribution in [-0.4, -0.2) is 14.7 Å². The van der Waals surface area contributed by atoms with Gasteiger partial charge in [0.1, 0.15) is 5.69 Å². The second-order valence-electron chi connectivity index (χ2n) is 4.63. The summed E-state index contributed by atoms with van der Waals surface area (Å²) in [6, 6.07) is 4.08. The standard InChI is InChI=1S/C13H18N4O2S/c1-4-7-16-13(12(17(18)19)10(3)15-16)14-8-11-6-5-9(2)20-11/h5-6,14H,4,7-8H2,1-3H3. The quantitative estimate of drug-likeness (QED) is 0.653. The Morgan fingerprint density at radius 2 is 2.20 bits per heavy atom. The lowest BCUT2D eigenvalue weighted by atomic mass is 10.3. The largest absolute Gasteiger partial charge is 0.360 e. The third kappa shape index (κ3) is 2.98. The molecule has 2 aromatic heterocycles. The van der Waals surface area contributed by atoms with Crippen molar-refractivity contribution in [2.75, 3.05) is 5.32 Å². The second-order valence-corrected chi connectivity index (χ2v) is 6.00. The summed E-state index contributed by atoms with van der Waals surface area (Å²) in [7, 11) is 0. The number of nitrogens with zero attached hydrogens (tertiary/aromatic N) is 3. The molecule has 6 nitrogen and oxygen atoms in total. The molecule has 0 amide bonds. The van der Waals surface area contributed by atoms with Gasteiger partial charge in [0.15, 0.2) is 0 Å². The Balaban J connectivity index is 2.25. The van der Waals surface area contributed by atoms with Crippen LogP contribution in [0.2, 0.25) is 0 Å². The zero-order valence-electron chi connectivity index (χ0n) is 11.8. The highest BCUT2D eigenvalue weighted by atomic mass is 32.1. The van der Waals surface area contributed by atoms with Crippen molar-refractivity contribution in [2.45, 2.75) is 40.3 Å². The molecule has 0 aliphatic carbocycles. The second kappa shape index (κ2) is 6.04. The molecule has 2 rings (SSSR count). The Morgan fingerprint density at radius 1 is 1.45 bits per heavy atom. The molecular weight excluding hydrogens is 276 g/mol. The summed E-state index contributed by atoms with van der Waals surface area (Å²) >= 11 is 1.69. The molecule has 1 N–H and O–H groups in total. The molecule has 0 fully saturated rings. The number of nitro groups is 1. The van der Waals surface area contributed by atoms with Gasteiger partial charge in [0.05, 0.1) is 11.5 Å². The van der Waals surface area contributed by atoms with E-state index < -0.39 is 0 Å². The average molecular weight is 294 g/mol. The monoisotopic (exact) mass is 294 g/mol. The van der Waals surface area contributed by atoms with Crippen molar-refractivity contribution in [2.24, 2.45) is 0 Å². The molecule has 2 heterocycles. The van der Waals surface area contributed by atoms with E-state index in [4.69, 9.17) is 0 Å². The van der Waals surface area contributed by atoms with Crippen molar-refractivity contribution in [3.8, 4) is 0 Å². The number of hydrogen-bond acceptors (Lipinski definition) is 5. The third-order valence-corrected chi connectivity index (χ3v) is 3.94. The van der Waals surface area contributed by atoms with Crippen LogP contribution in [0.3, 0.4) is 0 Å². The summed E-state index contributed by atoms with van der Waals surface area (Å²) in [5, 5.41) is 18.6. The minimum atomic E-state index is -0.365. The van der Waals surface area contributed by atoms with E-state index in [-0.39, 0.29) is 10.6 Å². The Morgan fingerprint density at radius 3 is 2.75 bits per heavy atom. The molecule has 0 radical (unpaired) electrons. The fourth-order valence-corrected chi connectivity index (χ4v) is 2.92. The van der Waals surface area contributed by atoms with Gasteiger partial charge in [0.2, 0.25) is 5.82 Å². The molecule has 0 atom stereocenters. The summed E-state index contributed by atoms with van der Waals surface area (Å²) in [4.78, 5) is 13.2. The van der Waals surface area contributed by atoms with Gasteiger partial charge in [-0.1, -0.05) is 6.92 Å². The van der Waals surface area contributed by atoms with Crippen LogP contribution in [-0.2, 0) is 13.1 Å². The molecule has 0 bridgehead atoms. The number of rotatable bonds is 6. The van der Waals surface area contributed by atoms with Gasteiger partial charge in [-0.3, -0.25) is 10.1 Å². The van der Waals surface area contributed by atoms with Gasteiger partial charge in [0.25, 0.3) is 0 Å². The SMILES string of the molecule is CCCn1nc(C)c([N+](=O)[O-])c1NCc1ccc(C)s1. The zero-order chi connectivity index (χ0) is 14.7. The maximum atomic E-state index is 11.2. The van der Waals surface area contributed by atoms with Gasteiger partial charge in [-0.05, 0) is 32.4 Å². The van der Waals surface area contributed by atoms with Crippen LogP contribution in [0.1, 0.15) is 28.8 Å². The number of aromatic nitrogens is 2. The first-order chi connectivity index (χ1) is 9.52. The van der Waals surface area contributed by atoms with Crippen LogP contribution in [0.25, 0.3) is 0 Å². The lowest BCUT2D eigenvalue weighted by Crippen LogP contribution is -2.08. The maximum absolute atomic E-state index is 11.2. The first kappa shape index (κ1) is 14.5. The summed E-state index contributed by atoms with van der Waals surface area (Å²) in [5.74, 6) is 0.500. The van der Waals surface area contributed by atoms with Crippen LogP contribution in [0.4, 0.5) is 11.5 Å². The Kier molecular flexibility index (Phi) is 4.39. The molecule has 0 aliphatic heterocycles. The van der Waals surface area contributed by atoms with E-state index in [0.29, 0.717) is 24.6 Å². The van der Waals surface area contributed by atoms with Gasteiger partial charge in [-0.15, -0.1) is 11.3 Å². The van der Waals surface area contributed by atoms with Crippen molar-refractivity contribution < 1.29 is 4.92 Å². The van der Waals surface area contributed by atoms with Gasteiger partial charge >= 0.3 is 5.69 Å². The highest BCUT2D eigenvalue weighted by Gasteiger charge is 2.24. The van der Waals surface area contributed by atoms with Gasteiger partial charge in [-0.2, -0.15) is 5.10 Å². The highest BCUT2D eigenvalue weighted by Crippen LogP contribution is 2.29. The first-order valence-corrected chi connectivity index (χ1v) is 7.35. The summed E-state index contributed by atoms with van der Waals surface area (Å²) in [5.41, 5.74) is 0.528. The summed E-state index contributed by atoms with van der Waals surface area (Å²) in [6.07, 6.45) is 0.880. The number of aryl methyl sites for hydroxylation is 3. The predicted molar refractivity (Wildman–Crippen MR) is 80.3 cm³/mol. The van der Waals surface area contributed by atoms with E-state index in [0.717, 1.165) is 11.3 Å². The minimum Gasteiger partial charge on any atom is -0.360 e. The molecule has 0 saturated carbocycles. The van der Waals surface area contributed by atoms with Gasteiger partial charge in [-0.25, -0.2) is 4.68 Å². The summed E-state index contributed by atoms with van der Waals surface area (Å²) in [6.45, 7) is 6.98. The molecule has 0 aliphatic rings. The van der Waals surface area contributed by atoms with Crippen LogP contribution >= 0.6 is 11.3 Å². The molecule has 0 saturated heterocycles. The maximum Gasteiger partial charge on any atom is 0.333 e. The van der Waals surface area contributed by atoms with Crippen LogP contribution < -0.4 is 5.32 Å². The first-order valence-electron chi connectivity index (χ1n) is 6.54. The van der Waals surface area contributed by atoms with Crippen molar-refractivity contribution >= 4 is 22.8 Å².